The van der Waals surface area contributed by atoms with E-state index >= 15 is 0 Å². The van der Waals surface area contributed by atoms with Crippen LogP contribution in [0.4, 0.5) is 4.39 Å². The van der Waals surface area contributed by atoms with Gasteiger partial charge in [-0.15, -0.1) is 0 Å². The average Bonchev–Trinajstić information content (AvgIpc) is 2.39. The highest BCUT2D eigenvalue weighted by atomic mass is 35.5. The van der Waals surface area contributed by atoms with Gasteiger partial charge in [0.05, 0.1) is 0 Å². The van der Waals surface area contributed by atoms with Crippen molar-refractivity contribution in [2.24, 2.45) is 5.92 Å². The van der Waals surface area contributed by atoms with Gasteiger partial charge in [0.1, 0.15) is 5.82 Å². The van der Waals surface area contributed by atoms with E-state index in [9.17, 15) is 4.39 Å². The van der Waals surface area contributed by atoms with Crippen LogP contribution in [0, 0.1) is 11.7 Å². The molecular formula is C15H23ClFNO. The van der Waals surface area contributed by atoms with Crippen LogP contribution < -0.4 is 5.32 Å². The first kappa shape index (κ1) is 16.4. The Morgan fingerprint density at radius 1 is 1.42 bits per heavy atom. The van der Waals surface area contributed by atoms with Gasteiger partial charge in [-0.05, 0) is 37.4 Å². The third-order valence-corrected chi connectivity index (χ3v) is 3.77. The number of halogens is 2. The van der Waals surface area contributed by atoms with E-state index in [4.69, 9.17) is 16.3 Å². The van der Waals surface area contributed by atoms with Crippen LogP contribution in [-0.2, 0) is 11.2 Å². The zero-order valence-electron chi connectivity index (χ0n) is 11.9. The lowest BCUT2D eigenvalue weighted by atomic mass is 9.92. The van der Waals surface area contributed by atoms with E-state index in [-0.39, 0.29) is 11.9 Å². The number of methoxy groups -OCH3 is 1. The molecule has 0 radical (unpaired) electrons. The molecule has 2 nitrogen and oxygen atoms in total. The van der Waals surface area contributed by atoms with Crippen LogP contribution in [0.2, 0.25) is 5.02 Å². The zero-order valence-corrected chi connectivity index (χ0v) is 12.6. The molecule has 0 aromatic heterocycles. The van der Waals surface area contributed by atoms with Crippen molar-refractivity contribution in [2.45, 2.75) is 32.7 Å². The van der Waals surface area contributed by atoms with Gasteiger partial charge in [0, 0.05) is 30.3 Å². The van der Waals surface area contributed by atoms with Gasteiger partial charge in [-0.1, -0.05) is 31.5 Å². The van der Waals surface area contributed by atoms with Gasteiger partial charge >= 0.3 is 0 Å². The molecule has 0 amide bonds. The van der Waals surface area contributed by atoms with E-state index in [1.807, 2.05) is 0 Å². The molecule has 2 unspecified atom stereocenters. The summed E-state index contributed by atoms with van der Waals surface area (Å²) >= 11 is 6.09. The maximum Gasteiger partial charge on any atom is 0.127 e. The molecule has 0 saturated carbocycles. The lowest BCUT2D eigenvalue weighted by Crippen LogP contribution is -2.37. The summed E-state index contributed by atoms with van der Waals surface area (Å²) < 4.78 is 18.9. The fourth-order valence-electron chi connectivity index (χ4n) is 2.19. The molecule has 1 aromatic rings. The van der Waals surface area contributed by atoms with Crippen LogP contribution in [0.3, 0.4) is 0 Å². The molecule has 0 bridgehead atoms. The summed E-state index contributed by atoms with van der Waals surface area (Å²) in [6.07, 6.45) is 1.55. The second-order valence-electron chi connectivity index (χ2n) is 4.83. The molecule has 0 fully saturated rings. The maximum atomic E-state index is 13.8. The Labute approximate surface area is 120 Å². The summed E-state index contributed by atoms with van der Waals surface area (Å²) in [4.78, 5) is 0. The van der Waals surface area contributed by atoms with Crippen LogP contribution in [0.15, 0.2) is 18.2 Å². The van der Waals surface area contributed by atoms with Gasteiger partial charge < -0.3 is 10.1 Å². The SMILES string of the molecule is CCNC(Cc1c(F)cccc1Cl)C(C)CCOC. The molecule has 0 aliphatic rings. The van der Waals surface area contributed by atoms with Crippen molar-refractivity contribution in [3.8, 4) is 0 Å². The van der Waals surface area contributed by atoms with Gasteiger partial charge in [0.25, 0.3) is 0 Å². The molecule has 108 valence electrons. The van der Waals surface area contributed by atoms with E-state index in [0.717, 1.165) is 13.0 Å². The molecule has 0 saturated heterocycles. The molecular weight excluding hydrogens is 265 g/mol. The summed E-state index contributed by atoms with van der Waals surface area (Å²) in [5, 5.41) is 3.92. The molecule has 0 aliphatic heterocycles. The summed E-state index contributed by atoms with van der Waals surface area (Å²) in [6, 6.07) is 5.04. The number of benzene rings is 1. The number of rotatable bonds is 8. The largest absolute Gasteiger partial charge is 0.385 e. The van der Waals surface area contributed by atoms with E-state index < -0.39 is 0 Å². The number of nitrogens with one attached hydrogen (secondary N) is 1. The van der Waals surface area contributed by atoms with Crippen molar-refractivity contribution in [3.05, 3.63) is 34.6 Å². The lowest BCUT2D eigenvalue weighted by molar-refractivity contribution is 0.170. The molecule has 1 rings (SSSR count). The van der Waals surface area contributed by atoms with Crippen LogP contribution in [-0.4, -0.2) is 26.3 Å². The van der Waals surface area contributed by atoms with Crippen molar-refractivity contribution in [1.82, 2.24) is 5.32 Å². The minimum Gasteiger partial charge on any atom is -0.385 e. The highest BCUT2D eigenvalue weighted by Crippen LogP contribution is 2.23. The number of hydrogen-bond donors (Lipinski definition) is 1. The number of likely N-dealkylation sites (N-methyl/N-ethyl adjacent to an activating group) is 1. The Hall–Kier alpha value is -0.640. The molecule has 4 heteroatoms. The Bertz CT molecular complexity index is 366. The topological polar surface area (TPSA) is 21.3 Å². The second-order valence-corrected chi connectivity index (χ2v) is 5.23. The van der Waals surface area contributed by atoms with Gasteiger partial charge in [0.15, 0.2) is 0 Å². The van der Waals surface area contributed by atoms with Gasteiger partial charge in [0.2, 0.25) is 0 Å². The molecule has 0 spiro atoms. The standard InChI is InChI=1S/C15H23ClFNO/c1-4-18-15(11(2)8-9-19-3)10-12-13(16)6-5-7-14(12)17/h5-7,11,15,18H,4,8-10H2,1-3H3. The Balaban J connectivity index is 2.77. The average molecular weight is 288 g/mol. The predicted molar refractivity (Wildman–Crippen MR) is 78.2 cm³/mol. The highest BCUT2D eigenvalue weighted by molar-refractivity contribution is 6.31. The summed E-state index contributed by atoms with van der Waals surface area (Å²) in [5.41, 5.74) is 0.597. The van der Waals surface area contributed by atoms with Crippen molar-refractivity contribution in [2.75, 3.05) is 20.3 Å². The van der Waals surface area contributed by atoms with Crippen molar-refractivity contribution in [3.63, 3.8) is 0 Å². The summed E-state index contributed by atoms with van der Waals surface area (Å²) in [7, 11) is 1.70. The monoisotopic (exact) mass is 287 g/mol. The quantitative estimate of drug-likeness (QED) is 0.788. The van der Waals surface area contributed by atoms with Crippen molar-refractivity contribution in [1.29, 1.82) is 0 Å². The molecule has 1 aromatic carbocycles. The molecule has 0 aliphatic carbocycles. The Morgan fingerprint density at radius 2 is 2.16 bits per heavy atom. The van der Waals surface area contributed by atoms with Crippen molar-refractivity contribution < 1.29 is 9.13 Å². The van der Waals surface area contributed by atoms with Gasteiger partial charge in [-0.3, -0.25) is 0 Å². The van der Waals surface area contributed by atoms with Crippen LogP contribution in [0.25, 0.3) is 0 Å². The first-order valence-electron chi connectivity index (χ1n) is 6.75. The second kappa shape index (κ2) is 8.51. The van der Waals surface area contributed by atoms with Crippen molar-refractivity contribution >= 4 is 11.6 Å². The third kappa shape index (κ3) is 5.09. The first-order valence-corrected chi connectivity index (χ1v) is 7.13. The minimum atomic E-state index is -0.227. The molecule has 2 atom stereocenters. The molecule has 1 N–H and O–H groups in total. The smallest absolute Gasteiger partial charge is 0.127 e. The summed E-state index contributed by atoms with van der Waals surface area (Å²) in [6.45, 7) is 5.78. The van der Waals surface area contributed by atoms with E-state index in [1.165, 1.54) is 6.07 Å². The number of hydrogen-bond acceptors (Lipinski definition) is 2. The fraction of sp³-hybridized carbons (Fsp3) is 0.600. The van der Waals surface area contributed by atoms with E-state index in [0.29, 0.717) is 29.5 Å². The van der Waals surface area contributed by atoms with E-state index in [2.05, 4.69) is 19.2 Å². The van der Waals surface area contributed by atoms with Gasteiger partial charge in [-0.25, -0.2) is 4.39 Å². The number of ether oxygens (including phenoxy) is 1. The first-order chi connectivity index (χ1) is 9.10. The summed E-state index contributed by atoms with van der Waals surface area (Å²) in [5.74, 6) is 0.171. The Morgan fingerprint density at radius 3 is 2.74 bits per heavy atom. The van der Waals surface area contributed by atoms with E-state index in [1.54, 1.807) is 19.2 Å². The Kier molecular flexibility index (Phi) is 7.36. The third-order valence-electron chi connectivity index (χ3n) is 3.42. The van der Waals surface area contributed by atoms with Crippen LogP contribution in [0.1, 0.15) is 25.8 Å². The highest BCUT2D eigenvalue weighted by Gasteiger charge is 2.19. The predicted octanol–water partition coefficient (Wildman–Crippen LogP) is 3.67. The molecule has 19 heavy (non-hydrogen) atoms. The fourth-order valence-corrected chi connectivity index (χ4v) is 2.43. The van der Waals surface area contributed by atoms with Crippen LogP contribution in [0.5, 0.6) is 0 Å². The molecule has 0 heterocycles. The van der Waals surface area contributed by atoms with Gasteiger partial charge in [-0.2, -0.15) is 0 Å². The minimum absolute atomic E-state index is 0.203. The maximum absolute atomic E-state index is 13.8. The van der Waals surface area contributed by atoms with Crippen LogP contribution >= 0.6 is 11.6 Å². The normalized spacial score (nSPS) is 14.4. The zero-order chi connectivity index (χ0) is 14.3. The lowest BCUT2D eigenvalue weighted by Gasteiger charge is -2.25.